The number of nitrogens with zero attached hydrogens (tertiary/aromatic N) is 1. The summed E-state index contributed by atoms with van der Waals surface area (Å²) in [5, 5.41) is -0.456. The molecule has 0 spiro atoms. The summed E-state index contributed by atoms with van der Waals surface area (Å²) in [5.41, 5.74) is 1.17. The molecule has 0 atom stereocenters. The maximum absolute atomic E-state index is 12.7. The van der Waals surface area contributed by atoms with Crippen LogP contribution in [0.1, 0.15) is 36.7 Å². The second kappa shape index (κ2) is 10.3. The maximum atomic E-state index is 12.7. The largest absolute Gasteiger partial charge is 0.490 e. The second-order valence-corrected chi connectivity index (χ2v) is 8.39. The highest BCUT2D eigenvalue weighted by Crippen LogP contribution is 2.35. The van der Waals surface area contributed by atoms with Gasteiger partial charge in [-0.15, -0.1) is 0 Å². The number of ketones is 1. The summed E-state index contributed by atoms with van der Waals surface area (Å²) in [6, 6.07) is 14.0. The first-order chi connectivity index (χ1) is 14.9. The average Bonchev–Trinajstić information content (AvgIpc) is 3.01. The van der Waals surface area contributed by atoms with E-state index in [4.69, 9.17) is 9.47 Å². The number of benzene rings is 2. The second-order valence-electron chi connectivity index (χ2n) is 7.40. The molecule has 0 aromatic heterocycles. The van der Waals surface area contributed by atoms with Gasteiger partial charge in [-0.2, -0.15) is 0 Å². The van der Waals surface area contributed by atoms with E-state index < -0.39 is 11.1 Å². The molecular formula is C24H25NO5S. The quantitative estimate of drug-likeness (QED) is 0.403. The molecule has 1 aliphatic heterocycles. The summed E-state index contributed by atoms with van der Waals surface area (Å²) in [6.45, 7) is 6.76. The maximum Gasteiger partial charge on any atom is 0.293 e. The van der Waals surface area contributed by atoms with Gasteiger partial charge in [0.1, 0.15) is 0 Å². The third kappa shape index (κ3) is 5.76. The Morgan fingerprint density at radius 1 is 1.06 bits per heavy atom. The van der Waals surface area contributed by atoms with E-state index in [0.717, 1.165) is 16.7 Å². The molecule has 1 saturated heterocycles. The van der Waals surface area contributed by atoms with E-state index in [0.29, 0.717) is 41.8 Å². The average molecular weight is 440 g/mol. The highest BCUT2D eigenvalue weighted by Gasteiger charge is 2.36. The predicted octanol–water partition coefficient (Wildman–Crippen LogP) is 5.04. The van der Waals surface area contributed by atoms with Crippen LogP contribution in [0.5, 0.6) is 11.5 Å². The molecule has 0 saturated carbocycles. The molecule has 6 nitrogen and oxygen atoms in total. The molecule has 0 bridgehead atoms. The van der Waals surface area contributed by atoms with Crippen molar-refractivity contribution in [3.05, 3.63) is 64.6 Å². The molecule has 3 rings (SSSR count). The summed E-state index contributed by atoms with van der Waals surface area (Å²) in [5.74, 6) is 0.829. The van der Waals surface area contributed by atoms with Gasteiger partial charge in [0.25, 0.3) is 11.1 Å². The van der Waals surface area contributed by atoms with Crippen molar-refractivity contribution < 1.29 is 23.9 Å². The number of carbonyl (C=O) groups excluding carboxylic acids is 3. The number of ether oxygens (including phenoxy) is 2. The number of hydrogen-bond donors (Lipinski definition) is 0. The highest BCUT2D eigenvalue weighted by molar-refractivity contribution is 8.18. The van der Waals surface area contributed by atoms with Gasteiger partial charge in [0, 0.05) is 5.56 Å². The predicted molar refractivity (Wildman–Crippen MR) is 121 cm³/mol. The smallest absolute Gasteiger partial charge is 0.293 e. The third-order valence-corrected chi connectivity index (χ3v) is 5.32. The summed E-state index contributed by atoms with van der Waals surface area (Å²) in [4.78, 5) is 38.8. The fourth-order valence-corrected chi connectivity index (χ4v) is 3.74. The van der Waals surface area contributed by atoms with Gasteiger partial charge in [-0.1, -0.05) is 50.2 Å². The van der Waals surface area contributed by atoms with Gasteiger partial charge in [-0.05, 0) is 48.4 Å². The Balaban J connectivity index is 1.77. The molecule has 2 aromatic rings. The Bertz CT molecular complexity index is 1000. The van der Waals surface area contributed by atoms with Crippen molar-refractivity contribution in [2.45, 2.75) is 20.8 Å². The Labute approximate surface area is 186 Å². The molecule has 31 heavy (non-hydrogen) atoms. The number of imide groups is 1. The minimum absolute atomic E-state index is 0.268. The lowest BCUT2D eigenvalue weighted by Gasteiger charge is -2.14. The number of hydrogen-bond acceptors (Lipinski definition) is 6. The molecule has 2 amide bonds. The van der Waals surface area contributed by atoms with Crippen LogP contribution in [0.3, 0.4) is 0 Å². The van der Waals surface area contributed by atoms with Gasteiger partial charge >= 0.3 is 0 Å². The van der Waals surface area contributed by atoms with Gasteiger partial charge in [-0.25, -0.2) is 0 Å². The van der Waals surface area contributed by atoms with Crippen LogP contribution in [-0.4, -0.2) is 41.6 Å². The van der Waals surface area contributed by atoms with Crippen molar-refractivity contribution in [1.29, 1.82) is 0 Å². The summed E-state index contributed by atoms with van der Waals surface area (Å²) < 4.78 is 11.5. The first-order valence-electron chi connectivity index (χ1n) is 10.1. The van der Waals surface area contributed by atoms with E-state index in [1.165, 1.54) is 0 Å². The van der Waals surface area contributed by atoms with E-state index >= 15 is 0 Å². The van der Waals surface area contributed by atoms with Crippen molar-refractivity contribution in [2.24, 2.45) is 5.92 Å². The number of carbonyl (C=O) groups is 3. The van der Waals surface area contributed by atoms with Gasteiger partial charge in [-0.3, -0.25) is 19.3 Å². The van der Waals surface area contributed by atoms with E-state index in [-0.39, 0.29) is 17.2 Å². The molecule has 2 aromatic carbocycles. The van der Waals surface area contributed by atoms with Crippen LogP contribution < -0.4 is 9.47 Å². The lowest BCUT2D eigenvalue weighted by Crippen LogP contribution is -2.33. The van der Waals surface area contributed by atoms with E-state index in [1.807, 2.05) is 6.92 Å². The van der Waals surface area contributed by atoms with E-state index in [2.05, 4.69) is 13.8 Å². The minimum atomic E-state index is -0.475. The van der Waals surface area contributed by atoms with Gasteiger partial charge < -0.3 is 9.47 Å². The third-order valence-electron chi connectivity index (χ3n) is 4.41. The number of thioether (sulfide) groups is 1. The molecule has 1 heterocycles. The molecular weight excluding hydrogens is 414 g/mol. The molecule has 0 radical (unpaired) electrons. The van der Waals surface area contributed by atoms with Crippen LogP contribution in [0.25, 0.3) is 6.08 Å². The highest BCUT2D eigenvalue weighted by atomic mass is 32.2. The van der Waals surface area contributed by atoms with Gasteiger partial charge in [0.15, 0.2) is 17.3 Å². The molecule has 0 N–H and O–H groups in total. The van der Waals surface area contributed by atoms with Gasteiger partial charge in [0.05, 0.1) is 24.7 Å². The van der Waals surface area contributed by atoms with E-state index in [1.54, 1.807) is 54.6 Å². The topological polar surface area (TPSA) is 72.9 Å². The van der Waals surface area contributed by atoms with Crippen molar-refractivity contribution in [3.63, 3.8) is 0 Å². The molecule has 1 fully saturated rings. The SMILES string of the molecule is CCOc1cc(/C=C2\SC(=O)N(CC(=O)c3ccccc3)C2=O)ccc1OCC(C)C. The molecule has 0 aliphatic carbocycles. The van der Waals surface area contributed by atoms with Crippen LogP contribution in [-0.2, 0) is 4.79 Å². The van der Waals surface area contributed by atoms with E-state index in [9.17, 15) is 14.4 Å². The standard InChI is InChI=1S/C24H25NO5S/c1-4-29-21-12-17(10-11-20(21)30-15-16(2)3)13-22-23(27)25(24(28)31-22)14-19(26)18-8-6-5-7-9-18/h5-13,16H,4,14-15H2,1-3H3/b22-13-. The summed E-state index contributed by atoms with van der Waals surface area (Å²) in [7, 11) is 0. The minimum Gasteiger partial charge on any atom is -0.490 e. The van der Waals surface area contributed by atoms with Crippen molar-refractivity contribution in [1.82, 2.24) is 4.90 Å². The zero-order valence-corrected chi connectivity index (χ0v) is 18.6. The number of rotatable bonds is 9. The van der Waals surface area contributed by atoms with Crippen LogP contribution in [0.15, 0.2) is 53.4 Å². The first-order valence-corrected chi connectivity index (χ1v) is 10.9. The van der Waals surface area contributed by atoms with Crippen LogP contribution in [0, 0.1) is 5.92 Å². The van der Waals surface area contributed by atoms with Crippen molar-refractivity contribution in [2.75, 3.05) is 19.8 Å². The summed E-state index contributed by atoms with van der Waals surface area (Å²) in [6.07, 6.45) is 1.63. The fourth-order valence-electron chi connectivity index (χ4n) is 2.91. The number of amides is 2. The van der Waals surface area contributed by atoms with Crippen LogP contribution >= 0.6 is 11.8 Å². The Kier molecular flexibility index (Phi) is 7.52. The molecule has 162 valence electrons. The van der Waals surface area contributed by atoms with Crippen LogP contribution in [0.4, 0.5) is 4.79 Å². The van der Waals surface area contributed by atoms with Crippen LogP contribution in [0.2, 0.25) is 0 Å². The Hall–Kier alpha value is -3.06. The lowest BCUT2D eigenvalue weighted by molar-refractivity contribution is -0.122. The Morgan fingerprint density at radius 3 is 2.48 bits per heavy atom. The van der Waals surface area contributed by atoms with Crippen molar-refractivity contribution >= 4 is 34.8 Å². The zero-order chi connectivity index (χ0) is 22.4. The number of Topliss-reactive ketones (excluding diaryl/α,β-unsaturated/α-hetero) is 1. The van der Waals surface area contributed by atoms with Gasteiger partial charge in [0.2, 0.25) is 0 Å². The lowest BCUT2D eigenvalue weighted by atomic mass is 10.1. The fraction of sp³-hybridized carbons (Fsp3) is 0.292. The molecule has 7 heteroatoms. The summed E-state index contributed by atoms with van der Waals surface area (Å²) >= 11 is 0.826. The normalized spacial score (nSPS) is 15.1. The first kappa shape index (κ1) is 22.6. The monoisotopic (exact) mass is 439 g/mol. The molecule has 0 unspecified atom stereocenters. The zero-order valence-electron chi connectivity index (χ0n) is 17.8. The molecule has 1 aliphatic rings. The Morgan fingerprint density at radius 2 is 1.81 bits per heavy atom. The van der Waals surface area contributed by atoms with Crippen molar-refractivity contribution in [3.8, 4) is 11.5 Å².